The number of halogens is 1. The summed E-state index contributed by atoms with van der Waals surface area (Å²) in [6, 6.07) is 22.1. The van der Waals surface area contributed by atoms with Gasteiger partial charge in [0.15, 0.2) is 0 Å². The lowest BCUT2D eigenvalue weighted by atomic mass is 10.1. The predicted molar refractivity (Wildman–Crippen MR) is 117 cm³/mol. The molecule has 148 valence electrons. The fourth-order valence-corrected chi connectivity index (χ4v) is 2.89. The summed E-state index contributed by atoms with van der Waals surface area (Å²) >= 11 is 6.08. The summed E-state index contributed by atoms with van der Waals surface area (Å²) in [5.41, 5.74) is 3.83. The minimum atomic E-state index is -0.205. The van der Waals surface area contributed by atoms with E-state index in [9.17, 15) is 9.59 Å². The fraction of sp³-hybridized carbons (Fsp3) is 0.130. The molecule has 3 N–H and O–H groups in total. The van der Waals surface area contributed by atoms with Gasteiger partial charge in [-0.25, -0.2) is 0 Å². The molecule has 0 radical (unpaired) electrons. The number of benzene rings is 3. The van der Waals surface area contributed by atoms with Gasteiger partial charge in [0.05, 0.1) is 6.54 Å². The molecule has 0 heterocycles. The Bertz CT molecular complexity index is 1010. The zero-order valence-corrected chi connectivity index (χ0v) is 16.8. The molecule has 6 heteroatoms. The highest BCUT2D eigenvalue weighted by atomic mass is 35.5. The van der Waals surface area contributed by atoms with Gasteiger partial charge in [-0.3, -0.25) is 9.59 Å². The summed E-state index contributed by atoms with van der Waals surface area (Å²) < 4.78 is 0. The zero-order chi connectivity index (χ0) is 20.6. The maximum atomic E-state index is 12.4. The van der Waals surface area contributed by atoms with Crippen molar-refractivity contribution in [2.24, 2.45) is 0 Å². The predicted octanol–water partition coefficient (Wildman–Crippen LogP) is 4.63. The van der Waals surface area contributed by atoms with E-state index in [1.165, 1.54) is 0 Å². The molecule has 0 saturated heterocycles. The molecule has 3 rings (SSSR count). The molecule has 29 heavy (non-hydrogen) atoms. The van der Waals surface area contributed by atoms with E-state index in [0.29, 0.717) is 28.5 Å². The van der Waals surface area contributed by atoms with Crippen LogP contribution in [-0.4, -0.2) is 18.4 Å². The van der Waals surface area contributed by atoms with Crippen LogP contribution in [0.5, 0.6) is 0 Å². The number of rotatable bonds is 7. The normalized spacial score (nSPS) is 10.3. The number of hydrogen-bond donors (Lipinski definition) is 3. The highest BCUT2D eigenvalue weighted by Crippen LogP contribution is 2.20. The van der Waals surface area contributed by atoms with E-state index in [-0.39, 0.29) is 18.4 Å². The number of hydrogen-bond acceptors (Lipinski definition) is 3. The van der Waals surface area contributed by atoms with Crippen LogP contribution >= 0.6 is 11.6 Å². The molecule has 0 unspecified atom stereocenters. The first-order valence-electron chi connectivity index (χ1n) is 9.23. The number of carbonyl (C=O) groups is 2. The Kier molecular flexibility index (Phi) is 6.87. The molecular formula is C23H22ClN3O2. The van der Waals surface area contributed by atoms with E-state index in [2.05, 4.69) is 16.0 Å². The van der Waals surface area contributed by atoms with Gasteiger partial charge in [-0.1, -0.05) is 54.1 Å². The van der Waals surface area contributed by atoms with Crippen molar-refractivity contribution < 1.29 is 9.59 Å². The Hall–Kier alpha value is -3.31. The molecule has 0 aliphatic carbocycles. The average molecular weight is 408 g/mol. The lowest BCUT2D eigenvalue weighted by molar-refractivity contribution is -0.114. The van der Waals surface area contributed by atoms with Crippen LogP contribution in [0.3, 0.4) is 0 Å². The largest absolute Gasteiger partial charge is 0.376 e. The Morgan fingerprint density at radius 1 is 0.897 bits per heavy atom. The van der Waals surface area contributed by atoms with Gasteiger partial charge in [0.1, 0.15) is 0 Å². The molecule has 0 saturated carbocycles. The average Bonchev–Trinajstić information content (AvgIpc) is 2.74. The topological polar surface area (TPSA) is 70.2 Å². The van der Waals surface area contributed by atoms with Crippen LogP contribution in [0.1, 0.15) is 21.5 Å². The van der Waals surface area contributed by atoms with Gasteiger partial charge in [0, 0.05) is 28.5 Å². The highest BCUT2D eigenvalue weighted by molar-refractivity contribution is 6.31. The number of carbonyl (C=O) groups excluding carboxylic acids is 2. The lowest BCUT2D eigenvalue weighted by Crippen LogP contribution is -2.23. The summed E-state index contributed by atoms with van der Waals surface area (Å²) in [5.74, 6) is -0.375. The third-order valence-corrected chi connectivity index (χ3v) is 4.74. The van der Waals surface area contributed by atoms with Crippen molar-refractivity contribution in [1.29, 1.82) is 0 Å². The molecule has 0 aromatic heterocycles. The minimum Gasteiger partial charge on any atom is -0.376 e. The molecule has 0 aliphatic rings. The molecule has 0 aliphatic heterocycles. The molecule has 5 nitrogen and oxygen atoms in total. The first-order chi connectivity index (χ1) is 14.0. The Morgan fingerprint density at radius 2 is 1.69 bits per heavy atom. The van der Waals surface area contributed by atoms with Crippen LogP contribution in [-0.2, 0) is 11.3 Å². The molecule has 0 spiro atoms. The van der Waals surface area contributed by atoms with Crippen LogP contribution in [0, 0.1) is 6.92 Å². The van der Waals surface area contributed by atoms with E-state index in [1.807, 2.05) is 49.4 Å². The van der Waals surface area contributed by atoms with Crippen molar-refractivity contribution in [3.63, 3.8) is 0 Å². The van der Waals surface area contributed by atoms with Crippen LogP contribution in [0.2, 0.25) is 5.02 Å². The van der Waals surface area contributed by atoms with Crippen LogP contribution < -0.4 is 16.0 Å². The van der Waals surface area contributed by atoms with Crippen molar-refractivity contribution in [3.8, 4) is 0 Å². The van der Waals surface area contributed by atoms with Gasteiger partial charge in [0.2, 0.25) is 5.91 Å². The maximum Gasteiger partial charge on any atom is 0.251 e. The maximum absolute atomic E-state index is 12.4. The smallest absolute Gasteiger partial charge is 0.251 e. The second-order valence-electron chi connectivity index (χ2n) is 6.61. The second kappa shape index (κ2) is 9.75. The van der Waals surface area contributed by atoms with E-state index >= 15 is 0 Å². The Morgan fingerprint density at radius 3 is 2.45 bits per heavy atom. The quantitative estimate of drug-likeness (QED) is 0.534. The molecule has 2 amide bonds. The van der Waals surface area contributed by atoms with E-state index in [1.54, 1.807) is 30.3 Å². The van der Waals surface area contributed by atoms with Crippen molar-refractivity contribution in [2.45, 2.75) is 13.5 Å². The minimum absolute atomic E-state index is 0.0700. The van der Waals surface area contributed by atoms with Gasteiger partial charge in [-0.05, 0) is 48.4 Å². The molecular weight excluding hydrogens is 386 g/mol. The molecule has 0 atom stereocenters. The number of nitrogens with one attached hydrogen (secondary N) is 3. The van der Waals surface area contributed by atoms with Gasteiger partial charge in [-0.2, -0.15) is 0 Å². The second-order valence-corrected chi connectivity index (χ2v) is 7.02. The third kappa shape index (κ3) is 6.09. The van der Waals surface area contributed by atoms with E-state index in [0.717, 1.165) is 11.1 Å². The van der Waals surface area contributed by atoms with Gasteiger partial charge in [-0.15, -0.1) is 0 Å². The molecule has 0 fully saturated rings. The monoisotopic (exact) mass is 407 g/mol. The zero-order valence-electron chi connectivity index (χ0n) is 16.0. The molecule has 0 bridgehead atoms. The summed E-state index contributed by atoms with van der Waals surface area (Å²) in [6.45, 7) is 2.43. The van der Waals surface area contributed by atoms with Crippen molar-refractivity contribution in [3.05, 3.63) is 94.5 Å². The highest BCUT2D eigenvalue weighted by Gasteiger charge is 2.08. The van der Waals surface area contributed by atoms with Crippen LogP contribution in [0.15, 0.2) is 72.8 Å². The lowest BCUT2D eigenvalue weighted by Gasteiger charge is -2.10. The molecule has 3 aromatic carbocycles. The number of anilines is 2. The van der Waals surface area contributed by atoms with E-state index < -0.39 is 0 Å². The first-order valence-corrected chi connectivity index (χ1v) is 9.61. The van der Waals surface area contributed by atoms with E-state index in [4.69, 9.17) is 11.6 Å². The van der Waals surface area contributed by atoms with Crippen LogP contribution in [0.25, 0.3) is 0 Å². The summed E-state index contributed by atoms with van der Waals surface area (Å²) in [5, 5.41) is 9.32. The third-order valence-electron chi connectivity index (χ3n) is 4.33. The van der Waals surface area contributed by atoms with Gasteiger partial charge in [0.25, 0.3) is 5.91 Å². The Balaban J connectivity index is 1.53. The van der Waals surface area contributed by atoms with Crippen LogP contribution in [0.4, 0.5) is 11.4 Å². The van der Waals surface area contributed by atoms with Gasteiger partial charge < -0.3 is 16.0 Å². The SMILES string of the molecule is Cc1ccc(NC(=O)CNc2cccc(C(=O)NCc3ccccc3)c2)cc1Cl. The van der Waals surface area contributed by atoms with Crippen molar-refractivity contribution >= 4 is 34.8 Å². The number of amides is 2. The van der Waals surface area contributed by atoms with Crippen molar-refractivity contribution in [2.75, 3.05) is 17.2 Å². The number of aryl methyl sites for hydroxylation is 1. The summed E-state index contributed by atoms with van der Waals surface area (Å²) in [6.07, 6.45) is 0. The Labute approximate surface area is 175 Å². The standard InChI is InChI=1S/C23H22ClN3O2/c1-16-10-11-20(13-21(16)24)27-22(28)15-25-19-9-5-8-18(12-19)23(29)26-14-17-6-3-2-4-7-17/h2-13,25H,14-15H2,1H3,(H,26,29)(H,27,28). The fourth-order valence-electron chi connectivity index (χ4n) is 2.71. The van der Waals surface area contributed by atoms with Crippen molar-refractivity contribution in [1.82, 2.24) is 5.32 Å². The van der Waals surface area contributed by atoms with Gasteiger partial charge >= 0.3 is 0 Å². The first kappa shape index (κ1) is 20.4. The molecule has 3 aromatic rings. The summed E-state index contributed by atoms with van der Waals surface area (Å²) in [7, 11) is 0. The summed E-state index contributed by atoms with van der Waals surface area (Å²) in [4.78, 5) is 24.5.